The minimum absolute atomic E-state index is 0.00364. The van der Waals surface area contributed by atoms with Gasteiger partial charge in [0.2, 0.25) is 0 Å². The Morgan fingerprint density at radius 2 is 1.96 bits per heavy atom. The maximum absolute atomic E-state index is 11.8. The third kappa shape index (κ3) is 6.35. The molecule has 0 aliphatic rings. The second-order valence-electron chi connectivity index (χ2n) is 6.16. The Balaban J connectivity index is 1.79. The number of amides is 1. The lowest BCUT2D eigenvalue weighted by Gasteiger charge is -2.10. The van der Waals surface area contributed by atoms with Crippen LogP contribution in [-0.2, 0) is 4.79 Å². The Morgan fingerprint density at radius 3 is 2.64 bits per heavy atom. The standard InChI is InChI=1S/C21H23N3O4/c1-3-16(2)17-10-12-19(13-11-17)28-15-21(25)23-22-14-6-8-18-7-4-5-9-20(18)24(26)27/h4-14,16H,3,15H2,1-2H3,(H,23,25)/b8-6+,22-14-/t16-/m1/s1. The Kier molecular flexibility index (Phi) is 7.90. The molecule has 0 spiro atoms. The zero-order valence-corrected chi connectivity index (χ0v) is 15.9. The normalized spacial score (nSPS) is 12.2. The number of carbonyl (C=O) groups is 1. The number of nitro groups is 1. The first-order valence-electron chi connectivity index (χ1n) is 8.96. The molecule has 0 saturated heterocycles. The van der Waals surface area contributed by atoms with E-state index in [9.17, 15) is 14.9 Å². The molecule has 0 saturated carbocycles. The monoisotopic (exact) mass is 381 g/mol. The number of hydrogen-bond donors (Lipinski definition) is 1. The second kappa shape index (κ2) is 10.6. The Hall–Kier alpha value is -3.48. The first-order valence-corrected chi connectivity index (χ1v) is 8.96. The molecule has 2 aromatic carbocycles. The van der Waals surface area contributed by atoms with Gasteiger partial charge in [0.1, 0.15) is 5.75 Å². The minimum Gasteiger partial charge on any atom is -0.484 e. The van der Waals surface area contributed by atoms with Crippen molar-refractivity contribution in [2.75, 3.05) is 6.61 Å². The van der Waals surface area contributed by atoms with Crippen LogP contribution in [0.3, 0.4) is 0 Å². The smallest absolute Gasteiger partial charge is 0.277 e. The molecule has 1 N–H and O–H groups in total. The van der Waals surface area contributed by atoms with Gasteiger partial charge in [-0.2, -0.15) is 5.10 Å². The van der Waals surface area contributed by atoms with E-state index in [0.717, 1.165) is 6.42 Å². The van der Waals surface area contributed by atoms with Crippen LogP contribution in [0.2, 0.25) is 0 Å². The fourth-order valence-electron chi connectivity index (χ4n) is 2.40. The average molecular weight is 381 g/mol. The summed E-state index contributed by atoms with van der Waals surface area (Å²) in [5.74, 6) is 0.695. The van der Waals surface area contributed by atoms with Crippen molar-refractivity contribution in [3.8, 4) is 5.75 Å². The van der Waals surface area contributed by atoms with E-state index in [1.54, 1.807) is 24.3 Å². The highest BCUT2D eigenvalue weighted by Gasteiger charge is 2.08. The first kappa shape index (κ1) is 20.8. The largest absolute Gasteiger partial charge is 0.484 e. The molecule has 0 bridgehead atoms. The number of ether oxygens (including phenoxy) is 1. The number of nitrogens with zero attached hydrogens (tertiary/aromatic N) is 2. The van der Waals surface area contributed by atoms with Gasteiger partial charge in [0, 0.05) is 12.3 Å². The predicted octanol–water partition coefficient (Wildman–Crippen LogP) is 4.30. The van der Waals surface area contributed by atoms with Gasteiger partial charge >= 0.3 is 0 Å². The summed E-state index contributed by atoms with van der Waals surface area (Å²) in [6.07, 6.45) is 5.46. The molecule has 0 fully saturated rings. The van der Waals surface area contributed by atoms with E-state index in [1.165, 1.54) is 23.9 Å². The van der Waals surface area contributed by atoms with Crippen LogP contribution >= 0.6 is 0 Å². The van der Waals surface area contributed by atoms with E-state index >= 15 is 0 Å². The Bertz CT molecular complexity index is 860. The van der Waals surface area contributed by atoms with Crippen molar-refractivity contribution in [2.45, 2.75) is 26.2 Å². The number of nitro benzene ring substituents is 1. The van der Waals surface area contributed by atoms with Crippen LogP contribution in [0.25, 0.3) is 6.08 Å². The number of rotatable bonds is 9. The Labute approximate surface area is 163 Å². The number of para-hydroxylation sites is 1. The van der Waals surface area contributed by atoms with Gasteiger partial charge in [0.25, 0.3) is 11.6 Å². The van der Waals surface area contributed by atoms with Gasteiger partial charge in [0.05, 0.1) is 10.5 Å². The highest BCUT2D eigenvalue weighted by atomic mass is 16.6. The summed E-state index contributed by atoms with van der Waals surface area (Å²) in [4.78, 5) is 22.2. The van der Waals surface area contributed by atoms with E-state index in [2.05, 4.69) is 24.4 Å². The number of nitrogens with one attached hydrogen (secondary N) is 1. The van der Waals surface area contributed by atoms with Crippen LogP contribution in [0.1, 0.15) is 37.3 Å². The van der Waals surface area contributed by atoms with Gasteiger partial charge in [-0.25, -0.2) is 5.43 Å². The van der Waals surface area contributed by atoms with E-state index in [0.29, 0.717) is 17.2 Å². The summed E-state index contributed by atoms with van der Waals surface area (Å²) in [5.41, 5.74) is 4.02. The molecule has 0 aliphatic carbocycles. The van der Waals surface area contributed by atoms with Gasteiger partial charge in [-0.1, -0.05) is 38.1 Å². The lowest BCUT2D eigenvalue weighted by molar-refractivity contribution is -0.385. The molecule has 1 atom stereocenters. The molecular weight excluding hydrogens is 358 g/mol. The number of carbonyl (C=O) groups excluding carboxylic acids is 1. The van der Waals surface area contributed by atoms with Crippen molar-refractivity contribution in [1.82, 2.24) is 5.43 Å². The highest BCUT2D eigenvalue weighted by molar-refractivity contribution is 5.82. The molecule has 7 heteroatoms. The van der Waals surface area contributed by atoms with Crippen LogP contribution in [0.5, 0.6) is 5.75 Å². The minimum atomic E-state index is -0.453. The van der Waals surface area contributed by atoms with Crippen LogP contribution in [0.4, 0.5) is 5.69 Å². The van der Waals surface area contributed by atoms with Gasteiger partial charge < -0.3 is 4.74 Å². The molecule has 0 radical (unpaired) electrons. The van der Waals surface area contributed by atoms with Crippen molar-refractivity contribution in [3.63, 3.8) is 0 Å². The van der Waals surface area contributed by atoms with Gasteiger partial charge in [0.15, 0.2) is 6.61 Å². The zero-order valence-electron chi connectivity index (χ0n) is 15.9. The van der Waals surface area contributed by atoms with Crippen molar-refractivity contribution in [2.24, 2.45) is 5.10 Å². The summed E-state index contributed by atoms with van der Waals surface area (Å²) < 4.78 is 5.43. The fraction of sp³-hybridized carbons (Fsp3) is 0.238. The molecule has 0 aromatic heterocycles. The van der Waals surface area contributed by atoms with Crippen LogP contribution in [-0.4, -0.2) is 23.7 Å². The summed E-state index contributed by atoms with van der Waals surface area (Å²) in [5, 5.41) is 14.7. The van der Waals surface area contributed by atoms with Crippen LogP contribution < -0.4 is 10.2 Å². The third-order valence-electron chi connectivity index (χ3n) is 4.19. The van der Waals surface area contributed by atoms with Crippen molar-refractivity contribution in [1.29, 1.82) is 0 Å². The SMILES string of the molecule is CC[C@@H](C)c1ccc(OCC(=O)N/N=C\C=C\c2ccccc2[N+](=O)[O-])cc1. The lowest BCUT2D eigenvalue weighted by Crippen LogP contribution is -2.24. The summed E-state index contributed by atoms with van der Waals surface area (Å²) >= 11 is 0. The van der Waals surface area contributed by atoms with Crippen molar-refractivity contribution >= 4 is 23.9 Å². The molecule has 0 aliphatic heterocycles. The van der Waals surface area contributed by atoms with Crippen LogP contribution in [0, 0.1) is 10.1 Å². The molecule has 0 heterocycles. The van der Waals surface area contributed by atoms with Gasteiger partial charge in [-0.15, -0.1) is 0 Å². The Morgan fingerprint density at radius 1 is 1.25 bits per heavy atom. The number of hydrazone groups is 1. The fourth-order valence-corrected chi connectivity index (χ4v) is 2.40. The van der Waals surface area contributed by atoms with Crippen LogP contribution in [0.15, 0.2) is 59.7 Å². The quantitative estimate of drug-likeness (QED) is 0.398. The number of benzene rings is 2. The molecular formula is C21H23N3O4. The highest BCUT2D eigenvalue weighted by Crippen LogP contribution is 2.21. The molecule has 1 amide bonds. The van der Waals surface area contributed by atoms with Gasteiger partial charge in [-0.3, -0.25) is 14.9 Å². The van der Waals surface area contributed by atoms with E-state index in [-0.39, 0.29) is 12.3 Å². The van der Waals surface area contributed by atoms with E-state index < -0.39 is 10.8 Å². The van der Waals surface area contributed by atoms with E-state index in [1.807, 2.05) is 24.3 Å². The molecule has 2 aromatic rings. The lowest BCUT2D eigenvalue weighted by atomic mass is 9.99. The summed E-state index contributed by atoms with van der Waals surface area (Å²) in [6.45, 7) is 4.13. The predicted molar refractivity (Wildman–Crippen MR) is 109 cm³/mol. The topological polar surface area (TPSA) is 93.8 Å². The maximum atomic E-state index is 11.8. The van der Waals surface area contributed by atoms with Crippen molar-refractivity contribution < 1.29 is 14.5 Å². The maximum Gasteiger partial charge on any atom is 0.277 e. The molecule has 7 nitrogen and oxygen atoms in total. The summed E-state index contributed by atoms with van der Waals surface area (Å²) in [7, 11) is 0. The first-order chi connectivity index (χ1) is 13.5. The van der Waals surface area contributed by atoms with Gasteiger partial charge in [-0.05, 0) is 48.3 Å². The number of allylic oxidation sites excluding steroid dienone is 1. The zero-order chi connectivity index (χ0) is 20.4. The molecule has 146 valence electrons. The molecule has 2 rings (SSSR count). The average Bonchev–Trinajstić information content (AvgIpc) is 2.72. The van der Waals surface area contributed by atoms with Crippen molar-refractivity contribution in [3.05, 3.63) is 75.8 Å². The number of hydrogen-bond acceptors (Lipinski definition) is 5. The summed E-state index contributed by atoms with van der Waals surface area (Å²) in [6, 6.07) is 14.0. The molecule has 28 heavy (non-hydrogen) atoms. The third-order valence-corrected chi connectivity index (χ3v) is 4.19. The van der Waals surface area contributed by atoms with E-state index in [4.69, 9.17) is 4.74 Å². The second-order valence-corrected chi connectivity index (χ2v) is 6.16. The molecule has 0 unspecified atom stereocenters.